The number of allylic oxidation sites excluding steroid dienone is 4. The first kappa shape index (κ1) is 36.4. The molecule has 3 saturated carbocycles. The minimum atomic E-state index is -4.13. The Morgan fingerprint density at radius 2 is 1.78 bits per heavy atom. The quantitative estimate of drug-likeness (QED) is 0.159. The summed E-state index contributed by atoms with van der Waals surface area (Å²) in [6.07, 6.45) is 9.98. The molecule has 1 amide bonds. The fraction of sp³-hybridized carbons (Fsp3) is 0.765. The van der Waals surface area contributed by atoms with Gasteiger partial charge in [-0.05, 0) is 68.4 Å². The number of amides is 1. The molecule has 4 aliphatic rings. The molecule has 4 aliphatic carbocycles. The summed E-state index contributed by atoms with van der Waals surface area (Å²) < 4.78 is 42.0. The minimum Gasteiger partial charge on any atom is -0.458 e. The zero-order chi connectivity index (χ0) is 34.1. The number of aliphatic hydroxyl groups is 1. The number of aliphatic hydroxyl groups excluding tert-OH is 1. The van der Waals surface area contributed by atoms with Crippen LogP contribution in [-0.2, 0) is 38.8 Å². The summed E-state index contributed by atoms with van der Waals surface area (Å²) in [5.41, 5.74) is -1.16. The third-order valence-electron chi connectivity index (χ3n) is 11.7. The van der Waals surface area contributed by atoms with Gasteiger partial charge in [0.1, 0.15) is 5.60 Å². The van der Waals surface area contributed by atoms with Gasteiger partial charge in [-0.3, -0.25) is 23.7 Å². The van der Waals surface area contributed by atoms with E-state index in [0.29, 0.717) is 38.5 Å². The number of esters is 1. The van der Waals surface area contributed by atoms with Gasteiger partial charge in [0.15, 0.2) is 12.4 Å². The van der Waals surface area contributed by atoms with Crippen LogP contribution in [0.15, 0.2) is 23.8 Å². The van der Waals surface area contributed by atoms with E-state index in [0.717, 1.165) is 18.4 Å². The number of rotatable bonds is 14. The zero-order valence-corrected chi connectivity index (χ0v) is 28.6. The normalized spacial score (nSPS) is 35.1. The molecule has 0 heterocycles. The molecule has 0 saturated heterocycles. The van der Waals surface area contributed by atoms with Crippen molar-refractivity contribution in [2.24, 2.45) is 34.5 Å². The van der Waals surface area contributed by atoms with Crippen molar-refractivity contribution in [1.29, 1.82) is 0 Å². The van der Waals surface area contributed by atoms with Crippen LogP contribution in [0.25, 0.3) is 0 Å². The van der Waals surface area contributed by atoms with Crippen molar-refractivity contribution >= 4 is 33.6 Å². The monoisotopic (exact) mass is 665 g/mol. The maximum atomic E-state index is 13.8. The molecular formula is C34H51NO10S. The molecule has 258 valence electrons. The van der Waals surface area contributed by atoms with Crippen LogP contribution in [0.5, 0.6) is 0 Å². The topological polar surface area (TPSA) is 165 Å². The van der Waals surface area contributed by atoms with Gasteiger partial charge in [0.05, 0.1) is 11.9 Å². The molecule has 0 aromatic carbocycles. The zero-order valence-electron chi connectivity index (χ0n) is 27.8. The van der Waals surface area contributed by atoms with Gasteiger partial charge in [-0.1, -0.05) is 45.3 Å². The number of hydrogen-bond donors (Lipinski definition) is 2. The molecule has 0 spiro atoms. The molecule has 4 rings (SSSR count). The lowest BCUT2D eigenvalue weighted by Gasteiger charge is -2.61. The number of carbonyl (C=O) groups excluding carboxylic acids is 4. The Morgan fingerprint density at radius 1 is 1.11 bits per heavy atom. The largest absolute Gasteiger partial charge is 0.458 e. The summed E-state index contributed by atoms with van der Waals surface area (Å²) in [5, 5.41) is 11.7. The third kappa shape index (κ3) is 7.05. The highest BCUT2D eigenvalue weighted by atomic mass is 32.2. The second-order valence-electron chi connectivity index (χ2n) is 14.4. The maximum absolute atomic E-state index is 13.8. The van der Waals surface area contributed by atoms with E-state index in [1.54, 1.807) is 12.2 Å². The lowest BCUT2D eigenvalue weighted by molar-refractivity contribution is -0.189. The number of carbonyl (C=O) groups is 4. The van der Waals surface area contributed by atoms with Gasteiger partial charge in [-0.2, -0.15) is 8.42 Å². The van der Waals surface area contributed by atoms with Crippen molar-refractivity contribution in [2.75, 3.05) is 33.1 Å². The highest BCUT2D eigenvalue weighted by Crippen LogP contribution is 2.68. The van der Waals surface area contributed by atoms with E-state index < -0.39 is 51.0 Å². The smallest absolute Gasteiger partial charge is 0.306 e. The average molecular weight is 666 g/mol. The molecule has 0 aliphatic heterocycles. The SMILES string of the molecule is CO[C@]1(C(=O)COC(=O)CCCCCCC(=O)N(C)CCS(=O)(=O)O)CC[C@H]2[C@@H]3C[C@H](C)C4=CC(=O)C=C[C@]4(C)[C@H]3[C@@H](O)C[C@@]21C. The Hall–Kier alpha value is -2.41. The summed E-state index contributed by atoms with van der Waals surface area (Å²) in [5.74, 6) is -1.12. The van der Waals surface area contributed by atoms with Crippen molar-refractivity contribution < 1.29 is 46.7 Å². The van der Waals surface area contributed by atoms with Gasteiger partial charge < -0.3 is 19.5 Å². The van der Waals surface area contributed by atoms with Crippen molar-refractivity contribution in [2.45, 2.75) is 96.7 Å². The van der Waals surface area contributed by atoms with Crippen LogP contribution < -0.4 is 0 Å². The van der Waals surface area contributed by atoms with Crippen LogP contribution in [0.2, 0.25) is 0 Å². The van der Waals surface area contributed by atoms with Crippen LogP contribution in [-0.4, -0.2) is 91.2 Å². The number of unbranched alkanes of at least 4 members (excludes halogenated alkanes) is 3. The summed E-state index contributed by atoms with van der Waals surface area (Å²) in [6.45, 7) is 5.84. The first-order valence-corrected chi connectivity index (χ1v) is 18.2. The van der Waals surface area contributed by atoms with Crippen molar-refractivity contribution in [3.05, 3.63) is 23.8 Å². The van der Waals surface area contributed by atoms with Crippen LogP contribution in [0.3, 0.4) is 0 Å². The molecule has 0 unspecified atom stereocenters. The number of nitrogens with zero attached hydrogens (tertiary/aromatic N) is 1. The Balaban J connectivity index is 1.28. The second-order valence-corrected chi connectivity index (χ2v) is 16.0. The van der Waals surface area contributed by atoms with Crippen LogP contribution in [0.1, 0.15) is 85.0 Å². The standard InChI is InChI=1S/C34H51NO10S/c1-22-18-24-25-13-15-34(44-5,33(25,3)20-27(37)31(24)32(2)14-12-23(36)19-26(22)32)28(38)21-45-30(40)11-9-7-6-8-10-29(39)35(4)16-17-46(41,42)43/h12,14,19,22,24-25,27,31,37H,6-11,13,15-18,20-21H2,1-5H3,(H,41,42,43)/t22-,24-,25-,27-,31+,32-,33-,34-/m0/s1. The Labute approximate surface area is 272 Å². The van der Waals surface area contributed by atoms with E-state index >= 15 is 0 Å². The van der Waals surface area contributed by atoms with Crippen molar-refractivity contribution in [3.63, 3.8) is 0 Å². The van der Waals surface area contributed by atoms with E-state index in [1.807, 2.05) is 13.0 Å². The second kappa shape index (κ2) is 14.0. The number of ketones is 2. The number of Topliss-reactive ketones (excluding diaryl/α,β-unsaturated/α-hetero) is 1. The fourth-order valence-corrected chi connectivity index (χ4v) is 9.95. The van der Waals surface area contributed by atoms with E-state index in [4.69, 9.17) is 14.0 Å². The minimum absolute atomic E-state index is 0.0132. The van der Waals surface area contributed by atoms with Crippen molar-refractivity contribution in [3.8, 4) is 0 Å². The number of methoxy groups -OCH3 is 1. The molecule has 0 bridgehead atoms. The first-order chi connectivity index (χ1) is 21.5. The maximum Gasteiger partial charge on any atom is 0.306 e. The van der Waals surface area contributed by atoms with E-state index in [9.17, 15) is 32.7 Å². The summed E-state index contributed by atoms with van der Waals surface area (Å²) in [4.78, 5) is 52.0. The first-order valence-electron chi connectivity index (χ1n) is 16.6. The number of hydrogen-bond acceptors (Lipinski definition) is 9. The van der Waals surface area contributed by atoms with E-state index in [-0.39, 0.29) is 60.5 Å². The number of ether oxygens (including phenoxy) is 2. The highest BCUT2D eigenvalue weighted by molar-refractivity contribution is 7.85. The summed E-state index contributed by atoms with van der Waals surface area (Å²) in [6, 6.07) is 0. The molecule has 2 N–H and O–H groups in total. The molecule has 46 heavy (non-hydrogen) atoms. The molecule has 0 aromatic heterocycles. The Kier molecular flexibility index (Phi) is 11.1. The molecule has 0 aromatic rings. The lowest BCUT2D eigenvalue weighted by Crippen LogP contribution is -2.63. The van der Waals surface area contributed by atoms with Gasteiger partial charge in [-0.25, -0.2) is 0 Å². The van der Waals surface area contributed by atoms with Crippen LogP contribution in [0.4, 0.5) is 0 Å². The predicted octanol–water partition coefficient (Wildman–Crippen LogP) is 3.70. The predicted molar refractivity (Wildman–Crippen MR) is 170 cm³/mol. The van der Waals surface area contributed by atoms with E-state index in [2.05, 4.69) is 13.8 Å². The summed E-state index contributed by atoms with van der Waals surface area (Å²) in [7, 11) is -1.11. The molecular weight excluding hydrogens is 614 g/mol. The van der Waals surface area contributed by atoms with Gasteiger partial charge in [0.25, 0.3) is 10.1 Å². The van der Waals surface area contributed by atoms with Crippen LogP contribution in [0, 0.1) is 34.5 Å². The molecule has 3 fully saturated rings. The summed E-state index contributed by atoms with van der Waals surface area (Å²) >= 11 is 0. The van der Waals surface area contributed by atoms with Gasteiger partial charge in [0.2, 0.25) is 11.7 Å². The molecule has 0 radical (unpaired) electrons. The highest BCUT2D eigenvalue weighted by Gasteiger charge is 2.69. The van der Waals surface area contributed by atoms with E-state index in [1.165, 1.54) is 19.1 Å². The van der Waals surface area contributed by atoms with Gasteiger partial charge in [-0.15, -0.1) is 0 Å². The fourth-order valence-electron chi connectivity index (χ4n) is 9.45. The molecule has 12 heteroatoms. The third-order valence-corrected chi connectivity index (χ3v) is 12.4. The van der Waals surface area contributed by atoms with Gasteiger partial charge >= 0.3 is 5.97 Å². The molecule has 11 nitrogen and oxygen atoms in total. The number of fused-ring (bicyclic) bond motifs is 5. The van der Waals surface area contributed by atoms with Crippen molar-refractivity contribution in [1.82, 2.24) is 4.90 Å². The Bertz CT molecular complexity index is 1370. The Morgan fingerprint density at radius 3 is 2.43 bits per heavy atom. The van der Waals surface area contributed by atoms with Crippen LogP contribution >= 0.6 is 0 Å². The lowest BCUT2D eigenvalue weighted by atomic mass is 9.44. The average Bonchev–Trinajstić information content (AvgIpc) is 3.29. The van der Waals surface area contributed by atoms with Gasteiger partial charge in [0, 0.05) is 50.3 Å². The molecule has 8 atom stereocenters.